The van der Waals surface area contributed by atoms with Crippen molar-refractivity contribution in [2.24, 2.45) is 18.4 Å². The summed E-state index contributed by atoms with van der Waals surface area (Å²) < 4.78 is 1.83. The van der Waals surface area contributed by atoms with Crippen molar-refractivity contribution in [3.8, 4) is 0 Å². The normalized spacial score (nSPS) is 25.3. The molecule has 0 spiro atoms. The van der Waals surface area contributed by atoms with Crippen molar-refractivity contribution in [1.82, 2.24) is 9.78 Å². The number of hydrogen-bond donors (Lipinski definition) is 1. The van der Waals surface area contributed by atoms with Crippen molar-refractivity contribution < 1.29 is 9.90 Å². The quantitative estimate of drug-likeness (QED) is 0.882. The maximum Gasteiger partial charge on any atom is 0.307 e. The van der Waals surface area contributed by atoms with Gasteiger partial charge in [-0.05, 0) is 11.5 Å². The molecule has 1 saturated carbocycles. The molecule has 1 N–H and O–H groups in total. The van der Waals surface area contributed by atoms with E-state index in [0.29, 0.717) is 0 Å². The average molecular weight is 244 g/mol. The molecular formula is C14H16N2O2. The lowest BCUT2D eigenvalue weighted by atomic mass is 10.0. The number of rotatable bonds is 2. The average Bonchev–Trinajstić information content (AvgIpc) is 2.70. The molecule has 1 aromatic heterocycles. The third-order valence-corrected chi connectivity index (χ3v) is 4.17. The van der Waals surface area contributed by atoms with E-state index in [1.807, 2.05) is 49.8 Å². The van der Waals surface area contributed by atoms with Gasteiger partial charge in [-0.15, -0.1) is 0 Å². The van der Waals surface area contributed by atoms with Gasteiger partial charge in [-0.2, -0.15) is 5.10 Å². The Balaban J connectivity index is 2.17. The first kappa shape index (κ1) is 11.3. The Hall–Kier alpha value is -1.84. The van der Waals surface area contributed by atoms with Crippen LogP contribution in [0.1, 0.15) is 25.5 Å². The van der Waals surface area contributed by atoms with Gasteiger partial charge in [0.15, 0.2) is 0 Å². The zero-order valence-electron chi connectivity index (χ0n) is 10.7. The standard InChI is InChI=1S/C14H16N2O2/c1-14(2)10(11(14)13(17)18)12-8-6-4-5-7-9(8)15-16(12)3/h4-7,10-11H,1-3H3,(H,17,18)/t10-,11-/m0/s1. The number of benzene rings is 1. The highest BCUT2D eigenvalue weighted by Gasteiger charge is 2.64. The van der Waals surface area contributed by atoms with Crippen LogP contribution in [-0.4, -0.2) is 20.9 Å². The lowest BCUT2D eigenvalue weighted by Gasteiger charge is -2.03. The minimum Gasteiger partial charge on any atom is -0.481 e. The van der Waals surface area contributed by atoms with E-state index in [2.05, 4.69) is 5.10 Å². The van der Waals surface area contributed by atoms with Gasteiger partial charge >= 0.3 is 5.97 Å². The van der Waals surface area contributed by atoms with Crippen LogP contribution < -0.4 is 0 Å². The molecule has 0 aliphatic heterocycles. The second-order valence-electron chi connectivity index (χ2n) is 5.64. The summed E-state index contributed by atoms with van der Waals surface area (Å²) in [4.78, 5) is 11.3. The van der Waals surface area contributed by atoms with Crippen LogP contribution in [0.5, 0.6) is 0 Å². The van der Waals surface area contributed by atoms with Crippen molar-refractivity contribution >= 4 is 16.9 Å². The Morgan fingerprint density at radius 3 is 2.67 bits per heavy atom. The summed E-state index contributed by atoms with van der Waals surface area (Å²) in [7, 11) is 1.89. The molecule has 1 aliphatic carbocycles. The second kappa shape index (κ2) is 3.34. The van der Waals surface area contributed by atoms with Crippen LogP contribution in [0, 0.1) is 11.3 Å². The number of carboxylic acid groups (broad SMARTS) is 1. The lowest BCUT2D eigenvalue weighted by molar-refractivity contribution is -0.139. The molecule has 4 nitrogen and oxygen atoms in total. The van der Waals surface area contributed by atoms with E-state index >= 15 is 0 Å². The second-order valence-corrected chi connectivity index (χ2v) is 5.64. The molecule has 2 aromatic rings. The molecule has 2 atom stereocenters. The van der Waals surface area contributed by atoms with Crippen molar-refractivity contribution in [1.29, 1.82) is 0 Å². The van der Waals surface area contributed by atoms with Gasteiger partial charge in [0.1, 0.15) is 0 Å². The molecular weight excluding hydrogens is 228 g/mol. The predicted molar refractivity (Wildman–Crippen MR) is 68.4 cm³/mol. The smallest absolute Gasteiger partial charge is 0.307 e. The van der Waals surface area contributed by atoms with Crippen molar-refractivity contribution in [3.05, 3.63) is 30.0 Å². The highest BCUT2D eigenvalue weighted by atomic mass is 16.4. The molecule has 94 valence electrons. The Morgan fingerprint density at radius 1 is 1.39 bits per heavy atom. The maximum atomic E-state index is 11.3. The molecule has 3 rings (SSSR count). The van der Waals surface area contributed by atoms with E-state index < -0.39 is 5.97 Å². The Bertz CT molecular complexity index is 642. The number of aryl methyl sites for hydroxylation is 1. The minimum absolute atomic E-state index is 0.0485. The molecule has 1 heterocycles. The van der Waals surface area contributed by atoms with Gasteiger partial charge in [0.2, 0.25) is 0 Å². The fourth-order valence-corrected chi connectivity index (χ4v) is 3.14. The Kier molecular flexibility index (Phi) is 2.09. The highest BCUT2D eigenvalue weighted by Crippen LogP contribution is 2.65. The molecule has 18 heavy (non-hydrogen) atoms. The molecule has 4 heteroatoms. The van der Waals surface area contributed by atoms with E-state index in [1.54, 1.807) is 0 Å². The van der Waals surface area contributed by atoms with Crippen molar-refractivity contribution in [2.75, 3.05) is 0 Å². The fraction of sp³-hybridized carbons (Fsp3) is 0.429. The van der Waals surface area contributed by atoms with Crippen LogP contribution in [0.4, 0.5) is 0 Å². The molecule has 0 saturated heterocycles. The van der Waals surface area contributed by atoms with E-state index in [1.165, 1.54) is 0 Å². The summed E-state index contributed by atoms with van der Waals surface area (Å²) in [6.07, 6.45) is 0. The number of carbonyl (C=O) groups is 1. The number of hydrogen-bond acceptors (Lipinski definition) is 2. The van der Waals surface area contributed by atoms with Gasteiger partial charge in [-0.25, -0.2) is 0 Å². The number of nitrogens with zero attached hydrogens (tertiary/aromatic N) is 2. The summed E-state index contributed by atoms with van der Waals surface area (Å²) in [5.41, 5.74) is 1.78. The third-order valence-electron chi connectivity index (χ3n) is 4.17. The maximum absolute atomic E-state index is 11.3. The predicted octanol–water partition coefficient (Wildman–Crippen LogP) is 2.40. The molecule has 0 radical (unpaired) electrons. The number of carboxylic acids is 1. The first-order valence-corrected chi connectivity index (χ1v) is 6.09. The molecule has 0 amide bonds. The Labute approximate surface area is 105 Å². The highest BCUT2D eigenvalue weighted by molar-refractivity contribution is 5.85. The van der Waals surface area contributed by atoms with E-state index in [0.717, 1.165) is 16.6 Å². The number of fused-ring (bicyclic) bond motifs is 1. The summed E-state index contributed by atoms with van der Waals surface area (Å²) in [5, 5.41) is 14.8. The van der Waals surface area contributed by atoms with Crippen LogP contribution >= 0.6 is 0 Å². The van der Waals surface area contributed by atoms with Gasteiger partial charge in [0.25, 0.3) is 0 Å². The van der Waals surface area contributed by atoms with E-state index in [4.69, 9.17) is 0 Å². The molecule has 0 bridgehead atoms. The summed E-state index contributed by atoms with van der Waals surface area (Å²) in [5.74, 6) is -0.973. The lowest BCUT2D eigenvalue weighted by Crippen LogP contribution is -2.03. The zero-order chi connectivity index (χ0) is 13.1. The summed E-state index contributed by atoms with van der Waals surface area (Å²) in [6, 6.07) is 7.90. The van der Waals surface area contributed by atoms with Gasteiger partial charge < -0.3 is 5.11 Å². The van der Waals surface area contributed by atoms with Gasteiger partial charge in [0, 0.05) is 18.4 Å². The minimum atomic E-state index is -0.713. The zero-order valence-corrected chi connectivity index (χ0v) is 10.7. The van der Waals surface area contributed by atoms with Crippen LogP contribution in [0.3, 0.4) is 0 Å². The Morgan fingerprint density at radius 2 is 2.06 bits per heavy atom. The fourth-order valence-electron chi connectivity index (χ4n) is 3.14. The van der Waals surface area contributed by atoms with Crippen molar-refractivity contribution in [3.63, 3.8) is 0 Å². The molecule has 1 aromatic carbocycles. The monoisotopic (exact) mass is 244 g/mol. The molecule has 1 fully saturated rings. The van der Waals surface area contributed by atoms with Crippen LogP contribution in [0.25, 0.3) is 10.9 Å². The van der Waals surface area contributed by atoms with Crippen LogP contribution in [-0.2, 0) is 11.8 Å². The topological polar surface area (TPSA) is 55.1 Å². The number of aliphatic carboxylic acids is 1. The van der Waals surface area contributed by atoms with Crippen molar-refractivity contribution in [2.45, 2.75) is 19.8 Å². The molecule has 0 unspecified atom stereocenters. The van der Waals surface area contributed by atoms with Crippen LogP contribution in [0.15, 0.2) is 24.3 Å². The van der Waals surface area contributed by atoms with E-state index in [9.17, 15) is 9.90 Å². The first-order valence-electron chi connectivity index (χ1n) is 6.09. The van der Waals surface area contributed by atoms with Crippen LogP contribution in [0.2, 0.25) is 0 Å². The summed E-state index contributed by atoms with van der Waals surface area (Å²) in [6.45, 7) is 4.02. The van der Waals surface area contributed by atoms with Gasteiger partial charge in [-0.3, -0.25) is 9.48 Å². The van der Waals surface area contributed by atoms with Gasteiger partial charge in [0.05, 0.1) is 17.1 Å². The summed E-state index contributed by atoms with van der Waals surface area (Å²) >= 11 is 0. The third kappa shape index (κ3) is 1.32. The number of aromatic nitrogens is 2. The largest absolute Gasteiger partial charge is 0.481 e. The van der Waals surface area contributed by atoms with E-state index in [-0.39, 0.29) is 17.3 Å². The molecule has 1 aliphatic rings. The SMILES string of the molecule is Cn1nc2ccccc2c1[C@@H]1[C@@H](C(=O)O)C1(C)C. The van der Waals surface area contributed by atoms with Gasteiger partial charge in [-0.1, -0.05) is 32.0 Å². The first-order chi connectivity index (χ1) is 8.44.